The van der Waals surface area contributed by atoms with Crippen molar-refractivity contribution < 1.29 is 22.9 Å². The molecule has 2 aliphatic heterocycles. The van der Waals surface area contributed by atoms with Crippen LogP contribution in [-0.2, 0) is 25.6 Å². The molecule has 4 rings (SSSR count). The number of aryl methyl sites for hydroxylation is 2. The summed E-state index contributed by atoms with van der Waals surface area (Å²) in [6.45, 7) is 2.61. The lowest BCUT2D eigenvalue weighted by Gasteiger charge is -2.35. The summed E-state index contributed by atoms with van der Waals surface area (Å²) in [7, 11) is 0. The second-order valence-corrected chi connectivity index (χ2v) is 8.21. The van der Waals surface area contributed by atoms with Crippen LogP contribution in [0.4, 0.5) is 29.3 Å². The van der Waals surface area contributed by atoms with E-state index < -0.39 is 22.4 Å². The quantitative estimate of drug-likeness (QED) is 0.539. The van der Waals surface area contributed by atoms with E-state index in [4.69, 9.17) is 0 Å². The summed E-state index contributed by atoms with van der Waals surface area (Å²) >= 11 is 0. The number of aromatic nitrogens is 2. The second kappa shape index (κ2) is 9.28. The highest BCUT2D eigenvalue weighted by Gasteiger charge is 2.34. The normalized spacial score (nSPS) is 16.5. The van der Waals surface area contributed by atoms with Gasteiger partial charge in [0.1, 0.15) is 11.5 Å². The zero-order valence-electron chi connectivity index (χ0n) is 18.0. The SMILES string of the molecule is O=C(NCCc1cn2c(n1)CCCC2)N1CCN(c2ccc(C(F)(F)F)cc2[N+](=O)[O-])CC1. The largest absolute Gasteiger partial charge is 0.416 e. The summed E-state index contributed by atoms with van der Waals surface area (Å²) < 4.78 is 40.9. The van der Waals surface area contributed by atoms with Crippen molar-refractivity contribution in [2.45, 2.75) is 38.4 Å². The van der Waals surface area contributed by atoms with Crippen LogP contribution in [0.15, 0.2) is 24.4 Å². The number of benzene rings is 1. The fourth-order valence-corrected chi connectivity index (χ4v) is 4.27. The molecular formula is C21H25F3N6O3. The molecule has 33 heavy (non-hydrogen) atoms. The lowest BCUT2D eigenvalue weighted by molar-refractivity contribution is -0.384. The third-order valence-electron chi connectivity index (χ3n) is 6.02. The first-order chi connectivity index (χ1) is 15.7. The summed E-state index contributed by atoms with van der Waals surface area (Å²) in [5.74, 6) is 1.09. The van der Waals surface area contributed by atoms with E-state index in [0.717, 1.165) is 49.5 Å². The number of anilines is 1. The van der Waals surface area contributed by atoms with Crippen LogP contribution in [0.25, 0.3) is 0 Å². The van der Waals surface area contributed by atoms with Gasteiger partial charge in [0.15, 0.2) is 0 Å². The summed E-state index contributed by atoms with van der Waals surface area (Å²) in [5, 5.41) is 14.2. The zero-order valence-corrected chi connectivity index (χ0v) is 18.0. The molecule has 1 aromatic carbocycles. The minimum atomic E-state index is -4.66. The molecule has 0 aliphatic carbocycles. The summed E-state index contributed by atoms with van der Waals surface area (Å²) in [5.41, 5.74) is -0.580. The fraction of sp³-hybridized carbons (Fsp3) is 0.524. The number of nitro groups is 1. The number of hydrogen-bond acceptors (Lipinski definition) is 5. The lowest BCUT2D eigenvalue weighted by Crippen LogP contribution is -2.52. The Morgan fingerprint density at radius 1 is 1.15 bits per heavy atom. The van der Waals surface area contributed by atoms with Gasteiger partial charge in [-0.2, -0.15) is 13.2 Å². The molecule has 2 amide bonds. The third-order valence-corrected chi connectivity index (χ3v) is 6.02. The highest BCUT2D eigenvalue weighted by Crippen LogP contribution is 2.36. The number of nitro benzene ring substituents is 1. The van der Waals surface area contributed by atoms with Crippen molar-refractivity contribution in [1.82, 2.24) is 19.8 Å². The Morgan fingerprint density at radius 3 is 2.58 bits per heavy atom. The van der Waals surface area contributed by atoms with E-state index in [1.54, 1.807) is 9.80 Å². The van der Waals surface area contributed by atoms with Crippen LogP contribution in [-0.4, -0.2) is 58.1 Å². The average molecular weight is 466 g/mol. The van der Waals surface area contributed by atoms with Gasteiger partial charge in [0.2, 0.25) is 0 Å². The summed E-state index contributed by atoms with van der Waals surface area (Å²) in [6.07, 6.45) is 1.29. The number of carbonyl (C=O) groups is 1. The number of halogens is 3. The number of piperazine rings is 1. The topological polar surface area (TPSA) is 96.5 Å². The number of amides is 2. The monoisotopic (exact) mass is 466 g/mol. The van der Waals surface area contributed by atoms with Crippen molar-refractivity contribution in [3.05, 3.63) is 51.6 Å². The van der Waals surface area contributed by atoms with Gasteiger partial charge >= 0.3 is 12.2 Å². The van der Waals surface area contributed by atoms with Gasteiger partial charge in [0, 0.05) is 64.4 Å². The minimum Gasteiger partial charge on any atom is -0.362 e. The molecule has 1 saturated heterocycles. The summed E-state index contributed by atoms with van der Waals surface area (Å²) in [4.78, 5) is 30.9. The lowest BCUT2D eigenvalue weighted by atomic mass is 10.1. The van der Waals surface area contributed by atoms with Gasteiger partial charge in [0.25, 0.3) is 5.69 Å². The Morgan fingerprint density at radius 2 is 1.91 bits per heavy atom. The molecule has 0 bridgehead atoms. The molecule has 12 heteroatoms. The number of fused-ring (bicyclic) bond motifs is 1. The maximum absolute atomic E-state index is 12.9. The fourth-order valence-electron chi connectivity index (χ4n) is 4.27. The van der Waals surface area contributed by atoms with E-state index in [9.17, 15) is 28.1 Å². The van der Waals surface area contributed by atoms with E-state index in [1.165, 1.54) is 0 Å². The number of urea groups is 1. The standard InChI is InChI=1S/C21H25F3N6O3/c22-21(23,24)15-4-5-17(18(13-15)30(32)33)27-9-11-28(12-10-27)20(31)25-7-6-16-14-29-8-2-1-3-19(29)26-16/h4-5,13-14H,1-3,6-12H2,(H,25,31). The predicted molar refractivity (Wildman–Crippen MR) is 114 cm³/mol. The van der Waals surface area contributed by atoms with Crippen molar-refractivity contribution in [2.24, 2.45) is 0 Å². The van der Waals surface area contributed by atoms with E-state index in [0.29, 0.717) is 32.1 Å². The molecule has 2 aliphatic rings. The maximum atomic E-state index is 12.9. The van der Waals surface area contributed by atoms with Gasteiger partial charge < -0.3 is 19.7 Å². The Kier molecular flexibility index (Phi) is 6.43. The van der Waals surface area contributed by atoms with Crippen LogP contribution in [0.5, 0.6) is 0 Å². The molecule has 1 aromatic heterocycles. The van der Waals surface area contributed by atoms with Crippen LogP contribution in [0, 0.1) is 10.1 Å². The molecule has 2 aromatic rings. The molecule has 0 radical (unpaired) electrons. The van der Waals surface area contributed by atoms with Gasteiger partial charge in [-0.15, -0.1) is 0 Å². The first kappa shape index (κ1) is 22.9. The summed E-state index contributed by atoms with van der Waals surface area (Å²) in [6, 6.07) is 2.29. The van der Waals surface area contributed by atoms with Crippen molar-refractivity contribution in [3.63, 3.8) is 0 Å². The van der Waals surface area contributed by atoms with E-state index in [-0.39, 0.29) is 24.8 Å². The number of nitrogens with zero attached hydrogens (tertiary/aromatic N) is 5. The van der Waals surface area contributed by atoms with Crippen LogP contribution in [0.2, 0.25) is 0 Å². The molecule has 1 N–H and O–H groups in total. The Balaban J connectivity index is 1.30. The van der Waals surface area contributed by atoms with Crippen molar-refractivity contribution in [2.75, 3.05) is 37.6 Å². The predicted octanol–water partition coefficient (Wildman–Crippen LogP) is 3.22. The Labute approximate surface area is 188 Å². The van der Waals surface area contributed by atoms with Crippen LogP contribution in [0.1, 0.15) is 29.9 Å². The number of carbonyl (C=O) groups excluding carboxylic acids is 1. The molecule has 0 unspecified atom stereocenters. The third kappa shape index (κ3) is 5.20. The smallest absolute Gasteiger partial charge is 0.362 e. The van der Waals surface area contributed by atoms with E-state index >= 15 is 0 Å². The Bertz CT molecular complexity index is 1010. The molecular weight excluding hydrogens is 441 g/mol. The molecule has 0 saturated carbocycles. The van der Waals surface area contributed by atoms with E-state index in [1.807, 2.05) is 6.20 Å². The van der Waals surface area contributed by atoms with Crippen LogP contribution in [0.3, 0.4) is 0 Å². The molecule has 9 nitrogen and oxygen atoms in total. The second-order valence-electron chi connectivity index (χ2n) is 8.21. The van der Waals surface area contributed by atoms with Gasteiger partial charge in [-0.1, -0.05) is 0 Å². The van der Waals surface area contributed by atoms with Crippen molar-refractivity contribution >= 4 is 17.4 Å². The van der Waals surface area contributed by atoms with Crippen LogP contribution < -0.4 is 10.2 Å². The van der Waals surface area contributed by atoms with Crippen molar-refractivity contribution in [1.29, 1.82) is 0 Å². The number of hydrogen-bond donors (Lipinski definition) is 1. The molecule has 0 spiro atoms. The Hall–Kier alpha value is -3.31. The molecule has 3 heterocycles. The number of alkyl halides is 3. The average Bonchev–Trinajstić information content (AvgIpc) is 3.21. The first-order valence-corrected chi connectivity index (χ1v) is 10.9. The van der Waals surface area contributed by atoms with E-state index in [2.05, 4.69) is 14.9 Å². The van der Waals surface area contributed by atoms with Gasteiger partial charge in [-0.05, 0) is 25.0 Å². The number of rotatable bonds is 5. The van der Waals surface area contributed by atoms with Gasteiger partial charge in [0.05, 0.1) is 16.2 Å². The number of nitrogens with one attached hydrogen (secondary N) is 1. The molecule has 1 fully saturated rings. The minimum absolute atomic E-state index is 0.122. The van der Waals surface area contributed by atoms with Gasteiger partial charge in [-0.3, -0.25) is 10.1 Å². The van der Waals surface area contributed by atoms with Crippen LogP contribution >= 0.6 is 0 Å². The van der Waals surface area contributed by atoms with Gasteiger partial charge in [-0.25, -0.2) is 9.78 Å². The van der Waals surface area contributed by atoms with Crippen molar-refractivity contribution in [3.8, 4) is 0 Å². The number of imidazole rings is 1. The zero-order chi connectivity index (χ0) is 23.6. The molecule has 178 valence electrons. The highest BCUT2D eigenvalue weighted by molar-refractivity contribution is 5.75. The molecule has 0 atom stereocenters. The maximum Gasteiger partial charge on any atom is 0.416 e. The highest BCUT2D eigenvalue weighted by atomic mass is 19.4. The first-order valence-electron chi connectivity index (χ1n) is 10.9.